The van der Waals surface area contributed by atoms with E-state index < -0.39 is 0 Å². The van der Waals surface area contributed by atoms with Gasteiger partial charge < -0.3 is 14.2 Å². The lowest BCUT2D eigenvalue weighted by Crippen LogP contribution is -2.49. The molecule has 1 aliphatic rings. The van der Waals surface area contributed by atoms with Crippen molar-refractivity contribution >= 4 is 5.95 Å². The van der Waals surface area contributed by atoms with Gasteiger partial charge in [-0.15, -0.1) is 0 Å². The number of hydrogen-bond acceptors (Lipinski definition) is 5. The second-order valence-electron chi connectivity index (χ2n) is 4.82. The Morgan fingerprint density at radius 2 is 2.00 bits per heavy atom. The van der Waals surface area contributed by atoms with Crippen LogP contribution in [0.25, 0.3) is 0 Å². The Kier molecular flexibility index (Phi) is 3.06. The molecule has 2 aromatic rings. The Morgan fingerprint density at radius 3 is 2.58 bits per heavy atom. The lowest BCUT2D eigenvalue weighted by molar-refractivity contribution is 0.349. The van der Waals surface area contributed by atoms with Gasteiger partial charge in [-0.1, -0.05) is 0 Å². The molecule has 0 unspecified atom stereocenters. The Bertz CT molecular complexity index is 544. The van der Waals surface area contributed by atoms with Crippen LogP contribution < -0.4 is 9.64 Å². The fourth-order valence-electron chi connectivity index (χ4n) is 2.30. The summed E-state index contributed by atoms with van der Waals surface area (Å²) in [6, 6.07) is 0. The minimum Gasteiger partial charge on any atom is -0.494 e. The number of anilines is 1. The van der Waals surface area contributed by atoms with Crippen LogP contribution in [-0.4, -0.2) is 39.7 Å². The number of imidazole rings is 1. The maximum absolute atomic E-state index is 5.05. The number of hydrogen-bond donors (Lipinski definition) is 0. The van der Waals surface area contributed by atoms with Gasteiger partial charge in [0.2, 0.25) is 5.95 Å². The van der Waals surface area contributed by atoms with Crippen LogP contribution in [0.2, 0.25) is 0 Å². The van der Waals surface area contributed by atoms with Gasteiger partial charge in [0.1, 0.15) is 5.82 Å². The van der Waals surface area contributed by atoms with Gasteiger partial charge in [-0.2, -0.15) is 0 Å². The first-order valence-electron chi connectivity index (χ1n) is 6.35. The van der Waals surface area contributed by atoms with Gasteiger partial charge in [0.15, 0.2) is 5.75 Å². The van der Waals surface area contributed by atoms with Crippen molar-refractivity contribution in [3.8, 4) is 5.75 Å². The van der Waals surface area contributed by atoms with E-state index in [1.54, 1.807) is 19.5 Å². The van der Waals surface area contributed by atoms with E-state index in [-0.39, 0.29) is 0 Å². The maximum Gasteiger partial charge on any atom is 0.225 e. The second kappa shape index (κ2) is 4.87. The van der Waals surface area contributed by atoms with Crippen LogP contribution in [0.5, 0.6) is 5.75 Å². The molecule has 3 rings (SSSR count). The van der Waals surface area contributed by atoms with E-state index in [9.17, 15) is 0 Å². The van der Waals surface area contributed by atoms with E-state index in [1.165, 1.54) is 0 Å². The Labute approximate surface area is 112 Å². The molecule has 0 atom stereocenters. The highest BCUT2D eigenvalue weighted by atomic mass is 16.5. The molecule has 1 fully saturated rings. The monoisotopic (exact) mass is 259 g/mol. The number of rotatable bonds is 4. The van der Waals surface area contributed by atoms with Crippen molar-refractivity contribution < 1.29 is 4.74 Å². The summed E-state index contributed by atoms with van der Waals surface area (Å²) in [5.74, 6) is 3.17. The Balaban J connectivity index is 1.56. The quantitative estimate of drug-likeness (QED) is 0.823. The molecule has 0 spiro atoms. The van der Waals surface area contributed by atoms with Crippen molar-refractivity contribution in [1.82, 2.24) is 19.5 Å². The lowest BCUT2D eigenvalue weighted by atomic mass is 10.0. The average Bonchev–Trinajstić information content (AvgIpc) is 2.79. The number of aryl methyl sites for hydroxylation is 1. The highest BCUT2D eigenvalue weighted by Crippen LogP contribution is 2.23. The molecule has 0 saturated carbocycles. The normalized spacial score (nSPS) is 15.4. The minimum absolute atomic E-state index is 0.638. The molecule has 0 bridgehead atoms. The third-order valence-corrected chi connectivity index (χ3v) is 3.47. The molecule has 0 N–H and O–H groups in total. The molecule has 1 aliphatic heterocycles. The first kappa shape index (κ1) is 12.0. The summed E-state index contributed by atoms with van der Waals surface area (Å²) in [6.07, 6.45) is 7.28. The van der Waals surface area contributed by atoms with Crippen LogP contribution in [0, 0.1) is 12.8 Å². The zero-order valence-corrected chi connectivity index (χ0v) is 11.2. The highest BCUT2D eigenvalue weighted by Gasteiger charge is 2.29. The van der Waals surface area contributed by atoms with Gasteiger partial charge in [0.05, 0.1) is 19.5 Å². The van der Waals surface area contributed by atoms with E-state index in [0.29, 0.717) is 11.7 Å². The summed E-state index contributed by atoms with van der Waals surface area (Å²) in [4.78, 5) is 15.0. The summed E-state index contributed by atoms with van der Waals surface area (Å²) in [5.41, 5.74) is 0. The molecule has 0 aromatic carbocycles. The lowest BCUT2D eigenvalue weighted by Gasteiger charge is -2.39. The third-order valence-electron chi connectivity index (χ3n) is 3.47. The molecular weight excluding hydrogens is 242 g/mol. The average molecular weight is 259 g/mol. The fourth-order valence-corrected chi connectivity index (χ4v) is 2.30. The molecular formula is C13H17N5O. The van der Waals surface area contributed by atoms with Gasteiger partial charge >= 0.3 is 0 Å². The van der Waals surface area contributed by atoms with Gasteiger partial charge in [0.25, 0.3) is 0 Å². The largest absolute Gasteiger partial charge is 0.494 e. The van der Waals surface area contributed by atoms with Crippen molar-refractivity contribution in [2.75, 3.05) is 25.1 Å². The molecule has 6 nitrogen and oxygen atoms in total. The number of ether oxygens (including phenoxy) is 1. The van der Waals surface area contributed by atoms with Crippen molar-refractivity contribution in [2.45, 2.75) is 13.5 Å². The predicted octanol–water partition coefficient (Wildman–Crippen LogP) is 1.13. The van der Waals surface area contributed by atoms with Crippen LogP contribution in [-0.2, 0) is 6.54 Å². The third kappa shape index (κ3) is 2.38. The van der Waals surface area contributed by atoms with E-state index >= 15 is 0 Å². The van der Waals surface area contributed by atoms with Gasteiger partial charge in [-0.3, -0.25) is 0 Å². The summed E-state index contributed by atoms with van der Waals surface area (Å²) >= 11 is 0. The summed E-state index contributed by atoms with van der Waals surface area (Å²) in [5, 5.41) is 0. The Hall–Kier alpha value is -2.11. The molecule has 2 aromatic heterocycles. The smallest absolute Gasteiger partial charge is 0.225 e. The summed E-state index contributed by atoms with van der Waals surface area (Å²) in [7, 11) is 1.62. The van der Waals surface area contributed by atoms with Crippen LogP contribution in [0.15, 0.2) is 24.8 Å². The fraction of sp³-hybridized carbons (Fsp3) is 0.462. The van der Waals surface area contributed by atoms with Crippen LogP contribution in [0.1, 0.15) is 5.82 Å². The standard InChI is InChI=1S/C13H17N5O/c1-10-14-3-4-17(10)7-11-8-18(9-11)13-15-5-12(19-2)6-16-13/h3-6,11H,7-9H2,1-2H3. The SMILES string of the molecule is COc1cnc(N2CC(Cn3ccnc3C)C2)nc1. The number of nitrogens with zero attached hydrogens (tertiary/aromatic N) is 5. The Morgan fingerprint density at radius 1 is 1.26 bits per heavy atom. The van der Waals surface area contributed by atoms with Crippen molar-refractivity contribution in [1.29, 1.82) is 0 Å². The molecule has 0 amide bonds. The molecule has 3 heterocycles. The highest BCUT2D eigenvalue weighted by molar-refractivity contribution is 5.35. The van der Waals surface area contributed by atoms with E-state index in [2.05, 4.69) is 24.4 Å². The summed E-state index contributed by atoms with van der Waals surface area (Å²) < 4.78 is 7.24. The number of methoxy groups -OCH3 is 1. The molecule has 0 radical (unpaired) electrons. The van der Waals surface area contributed by atoms with Gasteiger partial charge in [-0.05, 0) is 6.92 Å². The van der Waals surface area contributed by atoms with Gasteiger partial charge in [0, 0.05) is 37.9 Å². The first-order chi connectivity index (χ1) is 9.26. The van der Waals surface area contributed by atoms with Crippen LogP contribution >= 0.6 is 0 Å². The van der Waals surface area contributed by atoms with Crippen molar-refractivity contribution in [3.63, 3.8) is 0 Å². The van der Waals surface area contributed by atoms with E-state index in [1.807, 2.05) is 19.3 Å². The topological polar surface area (TPSA) is 56.1 Å². The second-order valence-corrected chi connectivity index (χ2v) is 4.82. The molecule has 6 heteroatoms. The molecule has 1 saturated heterocycles. The summed E-state index contributed by atoms with van der Waals surface area (Å²) in [6.45, 7) is 5.02. The van der Waals surface area contributed by atoms with Crippen LogP contribution in [0.3, 0.4) is 0 Å². The molecule has 0 aliphatic carbocycles. The van der Waals surface area contributed by atoms with E-state index in [0.717, 1.165) is 31.4 Å². The first-order valence-corrected chi connectivity index (χ1v) is 6.35. The van der Waals surface area contributed by atoms with Crippen LogP contribution in [0.4, 0.5) is 5.95 Å². The van der Waals surface area contributed by atoms with Crippen molar-refractivity contribution in [2.24, 2.45) is 5.92 Å². The zero-order valence-electron chi connectivity index (χ0n) is 11.2. The minimum atomic E-state index is 0.638. The predicted molar refractivity (Wildman–Crippen MR) is 71.3 cm³/mol. The van der Waals surface area contributed by atoms with Crippen molar-refractivity contribution in [3.05, 3.63) is 30.6 Å². The maximum atomic E-state index is 5.05. The van der Waals surface area contributed by atoms with Gasteiger partial charge in [-0.25, -0.2) is 15.0 Å². The molecule has 19 heavy (non-hydrogen) atoms. The number of aromatic nitrogens is 4. The zero-order chi connectivity index (χ0) is 13.2. The molecule has 100 valence electrons. The van der Waals surface area contributed by atoms with E-state index in [4.69, 9.17) is 4.74 Å².